The summed E-state index contributed by atoms with van der Waals surface area (Å²) < 4.78 is 10.7. The summed E-state index contributed by atoms with van der Waals surface area (Å²) in [4.78, 5) is 24.6. The number of ether oxygens (including phenoxy) is 2. The fourth-order valence-corrected chi connectivity index (χ4v) is 8.51. The Morgan fingerprint density at radius 1 is 0.333 bits per heavy atom. The molecule has 0 amide bonds. The number of carbonyl (C=O) groups excluding carboxylic acids is 2. The van der Waals surface area contributed by atoms with Crippen LogP contribution in [-0.2, 0) is 19.1 Å². The third-order valence-corrected chi connectivity index (χ3v) is 13.1. The van der Waals surface area contributed by atoms with Crippen LogP contribution in [0.1, 0.15) is 284 Å². The second-order valence-corrected chi connectivity index (χ2v) is 20.0. The first-order valence-electron chi connectivity index (χ1n) is 30.4. The predicted molar refractivity (Wildman–Crippen MR) is 315 cm³/mol. The normalized spacial score (nSPS) is 13.0. The number of allylic oxidation sites excluding steroid dienone is 18. The van der Waals surface area contributed by atoms with E-state index in [4.69, 9.17) is 9.47 Å². The summed E-state index contributed by atoms with van der Waals surface area (Å²) in [5.74, 6) is -0.617. The first-order chi connectivity index (χ1) is 35.6. The lowest BCUT2D eigenvalue weighted by Crippen LogP contribution is -2.28. The van der Waals surface area contributed by atoms with Gasteiger partial charge in [-0.1, -0.05) is 277 Å². The number of rotatable bonds is 55. The molecule has 412 valence electrons. The van der Waals surface area contributed by atoms with Gasteiger partial charge in [-0.05, 0) is 103 Å². The predicted octanol–water partition coefficient (Wildman–Crippen LogP) is 20.9. The van der Waals surface area contributed by atoms with Gasteiger partial charge in [0.1, 0.15) is 6.61 Å². The van der Waals surface area contributed by atoms with Crippen molar-refractivity contribution in [1.29, 1.82) is 0 Å². The second-order valence-electron chi connectivity index (χ2n) is 20.0. The minimum Gasteiger partial charge on any atom is -0.462 e. The van der Waals surface area contributed by atoms with Gasteiger partial charge < -0.3 is 14.6 Å². The average molecular weight is 1000 g/mol. The van der Waals surface area contributed by atoms with Crippen molar-refractivity contribution < 1.29 is 24.2 Å². The molecule has 0 saturated carbocycles. The van der Waals surface area contributed by atoms with E-state index >= 15 is 0 Å². The Morgan fingerprint density at radius 3 is 0.917 bits per heavy atom. The Kier molecular flexibility index (Phi) is 58.9. The summed E-state index contributed by atoms with van der Waals surface area (Å²) >= 11 is 0. The van der Waals surface area contributed by atoms with Gasteiger partial charge in [-0.15, -0.1) is 0 Å². The van der Waals surface area contributed by atoms with E-state index in [1.807, 2.05) is 0 Å². The van der Waals surface area contributed by atoms with Gasteiger partial charge in [0.15, 0.2) is 6.10 Å². The average Bonchev–Trinajstić information content (AvgIpc) is 3.38. The minimum absolute atomic E-state index is 0.0805. The molecule has 0 bridgehead atoms. The molecule has 0 aromatic heterocycles. The first-order valence-corrected chi connectivity index (χ1v) is 30.4. The van der Waals surface area contributed by atoms with Crippen LogP contribution in [0.4, 0.5) is 0 Å². The standard InChI is InChI=1S/C67H114O5/c1-3-5-7-9-11-13-15-17-19-21-23-25-27-29-31-33-35-37-39-41-43-45-47-49-51-53-55-57-59-61-66(69)71-64-65(63-68)72-67(70)62-60-58-56-54-52-50-48-46-44-42-40-38-36-34-32-30-28-26-24-22-20-18-16-14-12-10-8-6-4-2/h6,8,12,14,18,20-21,23-24,26,30,32,36,38,42,44,48,50,65,68H,3-5,7,9-11,13,15-17,19,22,25,27-29,31,33-35,37,39-41,43,45-47,49,51-64H2,1-2H3/b8-6-,14-12-,20-18-,23-21-,26-24-,32-30-,38-36-,44-42-,50-48-. The monoisotopic (exact) mass is 999 g/mol. The van der Waals surface area contributed by atoms with E-state index in [2.05, 4.69) is 123 Å². The van der Waals surface area contributed by atoms with Gasteiger partial charge >= 0.3 is 11.9 Å². The molecule has 5 heteroatoms. The summed E-state index contributed by atoms with van der Waals surface area (Å²) in [6.45, 7) is 4.02. The highest BCUT2D eigenvalue weighted by atomic mass is 16.6. The molecule has 0 radical (unpaired) electrons. The van der Waals surface area contributed by atoms with Gasteiger partial charge in [-0.25, -0.2) is 0 Å². The van der Waals surface area contributed by atoms with Crippen molar-refractivity contribution in [3.63, 3.8) is 0 Å². The molecule has 0 aliphatic heterocycles. The van der Waals surface area contributed by atoms with Crippen molar-refractivity contribution in [2.75, 3.05) is 13.2 Å². The Bertz CT molecular complexity index is 1410. The summed E-state index contributed by atoms with van der Waals surface area (Å²) in [6, 6.07) is 0. The lowest BCUT2D eigenvalue weighted by molar-refractivity contribution is -0.161. The zero-order valence-corrected chi connectivity index (χ0v) is 47.2. The zero-order valence-electron chi connectivity index (χ0n) is 47.2. The van der Waals surface area contributed by atoms with E-state index in [0.29, 0.717) is 12.8 Å². The third-order valence-electron chi connectivity index (χ3n) is 13.1. The van der Waals surface area contributed by atoms with Crippen LogP contribution in [0.5, 0.6) is 0 Å². The SMILES string of the molecule is CC/C=C\C/C=C\C/C=C\C/C=C\C/C=C\C/C=C\C/C=C\C/C=C\CCCCCCC(=O)OC(CO)COC(=O)CCCCCCCCCCCCCCCCCCC/C=C\CCCCCCCCCC. The number of hydrogen-bond acceptors (Lipinski definition) is 5. The number of unbranched alkanes of at least 4 members (excludes halogenated alkanes) is 29. The van der Waals surface area contributed by atoms with Crippen LogP contribution < -0.4 is 0 Å². The zero-order chi connectivity index (χ0) is 52.0. The van der Waals surface area contributed by atoms with E-state index in [-0.39, 0.29) is 25.2 Å². The van der Waals surface area contributed by atoms with Crippen LogP contribution in [0.25, 0.3) is 0 Å². The number of carbonyl (C=O) groups is 2. The lowest BCUT2D eigenvalue weighted by atomic mass is 10.0. The molecule has 0 rings (SSSR count). The van der Waals surface area contributed by atoms with E-state index < -0.39 is 6.10 Å². The number of esters is 2. The molecular formula is C67H114O5. The highest BCUT2D eigenvalue weighted by molar-refractivity contribution is 5.70. The lowest BCUT2D eigenvalue weighted by Gasteiger charge is -2.15. The van der Waals surface area contributed by atoms with Crippen LogP contribution in [0.2, 0.25) is 0 Å². The topological polar surface area (TPSA) is 72.8 Å². The Morgan fingerprint density at radius 2 is 0.597 bits per heavy atom. The molecule has 1 unspecified atom stereocenters. The van der Waals surface area contributed by atoms with Gasteiger partial charge in [0.2, 0.25) is 0 Å². The van der Waals surface area contributed by atoms with Crippen LogP contribution in [-0.4, -0.2) is 36.4 Å². The maximum Gasteiger partial charge on any atom is 0.306 e. The van der Waals surface area contributed by atoms with Crippen molar-refractivity contribution in [2.45, 2.75) is 290 Å². The molecule has 5 nitrogen and oxygen atoms in total. The Hall–Kier alpha value is -3.44. The second kappa shape index (κ2) is 61.9. The van der Waals surface area contributed by atoms with Crippen LogP contribution in [0.3, 0.4) is 0 Å². The quantitative estimate of drug-likeness (QED) is 0.0373. The highest BCUT2D eigenvalue weighted by Crippen LogP contribution is 2.16. The molecule has 0 saturated heterocycles. The number of aliphatic hydroxyl groups excluding tert-OH is 1. The van der Waals surface area contributed by atoms with E-state index in [1.165, 1.54) is 154 Å². The fourth-order valence-electron chi connectivity index (χ4n) is 8.51. The van der Waals surface area contributed by atoms with Gasteiger partial charge in [0, 0.05) is 12.8 Å². The van der Waals surface area contributed by atoms with Gasteiger partial charge in [0.25, 0.3) is 0 Å². The molecule has 1 N–H and O–H groups in total. The van der Waals surface area contributed by atoms with E-state index in [0.717, 1.165) is 103 Å². The van der Waals surface area contributed by atoms with Gasteiger partial charge in [-0.2, -0.15) is 0 Å². The smallest absolute Gasteiger partial charge is 0.306 e. The third kappa shape index (κ3) is 59.1. The molecule has 0 aliphatic rings. The van der Waals surface area contributed by atoms with Crippen molar-refractivity contribution in [3.8, 4) is 0 Å². The van der Waals surface area contributed by atoms with Crippen molar-refractivity contribution in [1.82, 2.24) is 0 Å². The maximum atomic E-state index is 12.3. The molecule has 0 aliphatic carbocycles. The first kappa shape index (κ1) is 68.6. The minimum atomic E-state index is -0.794. The van der Waals surface area contributed by atoms with Crippen molar-refractivity contribution in [3.05, 3.63) is 109 Å². The largest absolute Gasteiger partial charge is 0.462 e. The molecule has 0 aromatic carbocycles. The molecule has 0 heterocycles. The van der Waals surface area contributed by atoms with Gasteiger partial charge in [-0.3, -0.25) is 9.59 Å². The molecule has 72 heavy (non-hydrogen) atoms. The van der Waals surface area contributed by atoms with Crippen LogP contribution >= 0.6 is 0 Å². The van der Waals surface area contributed by atoms with Gasteiger partial charge in [0.05, 0.1) is 6.61 Å². The van der Waals surface area contributed by atoms with Crippen LogP contribution in [0.15, 0.2) is 109 Å². The maximum absolute atomic E-state index is 12.3. The van der Waals surface area contributed by atoms with E-state index in [1.54, 1.807) is 0 Å². The van der Waals surface area contributed by atoms with Crippen LogP contribution in [0, 0.1) is 0 Å². The molecule has 1 atom stereocenters. The summed E-state index contributed by atoms with van der Waals surface area (Å²) in [7, 11) is 0. The Balaban J connectivity index is 3.55. The van der Waals surface area contributed by atoms with Crippen molar-refractivity contribution in [2.24, 2.45) is 0 Å². The molecule has 0 fully saturated rings. The number of aliphatic hydroxyl groups is 1. The highest BCUT2D eigenvalue weighted by Gasteiger charge is 2.16. The molecule has 0 spiro atoms. The van der Waals surface area contributed by atoms with Crippen molar-refractivity contribution >= 4 is 11.9 Å². The summed E-state index contributed by atoms with van der Waals surface area (Å²) in [5.41, 5.74) is 0. The Labute approximate surface area is 446 Å². The molecular weight excluding hydrogens is 885 g/mol. The molecule has 0 aromatic rings. The summed E-state index contributed by atoms with van der Waals surface area (Å²) in [6.07, 6.45) is 89.3. The fraction of sp³-hybridized carbons (Fsp3) is 0.701. The summed E-state index contributed by atoms with van der Waals surface area (Å²) in [5, 5.41) is 9.67. The van der Waals surface area contributed by atoms with E-state index in [9.17, 15) is 14.7 Å². The number of hydrogen-bond donors (Lipinski definition) is 1.